The zero-order valence-electron chi connectivity index (χ0n) is 14.9. The largest absolute Gasteiger partial charge is 0.493 e. The number of hydrazone groups is 1. The molecule has 2 aromatic rings. The number of aryl methyl sites for hydroxylation is 1. The molecule has 0 heterocycles. The quantitative estimate of drug-likeness (QED) is 0.590. The van der Waals surface area contributed by atoms with Crippen LogP contribution in [0.5, 0.6) is 11.5 Å². The molecule has 0 spiro atoms. The molecule has 2 rings (SSSR count). The number of hydrogen-bond acceptors (Lipinski definition) is 5. The highest BCUT2D eigenvalue weighted by Crippen LogP contribution is 2.27. The lowest BCUT2D eigenvalue weighted by molar-refractivity contribution is -0.119. The highest BCUT2D eigenvalue weighted by molar-refractivity contribution is 5.92. The summed E-state index contributed by atoms with van der Waals surface area (Å²) in [7, 11) is 1.50. The third-order valence-corrected chi connectivity index (χ3v) is 3.32. The van der Waals surface area contributed by atoms with Crippen molar-refractivity contribution in [2.45, 2.75) is 13.8 Å². The number of carbonyl (C=O) groups is 2. The van der Waals surface area contributed by atoms with Crippen molar-refractivity contribution in [3.63, 3.8) is 0 Å². The van der Waals surface area contributed by atoms with Gasteiger partial charge in [0.2, 0.25) is 5.91 Å². The number of nitrogens with zero attached hydrogens (tertiary/aromatic N) is 1. The fourth-order valence-electron chi connectivity index (χ4n) is 2.06. The average molecular weight is 355 g/mol. The van der Waals surface area contributed by atoms with Gasteiger partial charge in [-0.2, -0.15) is 5.10 Å². The summed E-state index contributed by atoms with van der Waals surface area (Å²) in [5.74, 6) is 0.364. The summed E-state index contributed by atoms with van der Waals surface area (Å²) in [6.07, 6.45) is 1.48. The van der Waals surface area contributed by atoms with E-state index in [1.54, 1.807) is 18.2 Å². The molecule has 26 heavy (non-hydrogen) atoms. The Balaban J connectivity index is 1.95. The zero-order valence-corrected chi connectivity index (χ0v) is 14.9. The van der Waals surface area contributed by atoms with Crippen LogP contribution in [0.1, 0.15) is 18.1 Å². The second-order valence-electron chi connectivity index (χ2n) is 5.54. The molecule has 0 saturated carbocycles. The van der Waals surface area contributed by atoms with E-state index in [1.807, 2.05) is 31.2 Å². The van der Waals surface area contributed by atoms with E-state index < -0.39 is 0 Å². The lowest BCUT2D eigenvalue weighted by Crippen LogP contribution is -2.20. The Bertz CT molecular complexity index is 801. The van der Waals surface area contributed by atoms with Gasteiger partial charge in [0.15, 0.2) is 18.1 Å². The molecule has 2 amide bonds. The van der Waals surface area contributed by atoms with Crippen LogP contribution < -0.4 is 20.2 Å². The van der Waals surface area contributed by atoms with E-state index in [0.29, 0.717) is 22.7 Å². The van der Waals surface area contributed by atoms with E-state index in [4.69, 9.17) is 9.47 Å². The minimum absolute atomic E-state index is 0.149. The average Bonchev–Trinajstić information content (AvgIpc) is 2.62. The summed E-state index contributed by atoms with van der Waals surface area (Å²) in [6.45, 7) is 3.20. The Hall–Kier alpha value is -3.35. The van der Waals surface area contributed by atoms with Gasteiger partial charge in [-0.15, -0.1) is 0 Å². The zero-order chi connectivity index (χ0) is 18.9. The van der Waals surface area contributed by atoms with E-state index in [-0.39, 0.29) is 18.4 Å². The molecule has 0 saturated heterocycles. The van der Waals surface area contributed by atoms with E-state index >= 15 is 0 Å². The molecule has 136 valence electrons. The first-order chi connectivity index (χ1) is 12.5. The number of nitrogens with one attached hydrogen (secondary N) is 2. The normalized spacial score (nSPS) is 10.4. The second kappa shape index (κ2) is 9.22. The SMILES string of the molecule is COc1cc(/C=N/NC(C)=O)ccc1OCC(=O)Nc1ccc(C)cc1. The summed E-state index contributed by atoms with van der Waals surface area (Å²) in [5, 5.41) is 6.55. The Kier molecular flexibility index (Phi) is 6.73. The van der Waals surface area contributed by atoms with E-state index in [1.165, 1.54) is 20.2 Å². The van der Waals surface area contributed by atoms with Gasteiger partial charge in [0.25, 0.3) is 5.91 Å². The number of anilines is 1. The van der Waals surface area contributed by atoms with Gasteiger partial charge in [0.05, 0.1) is 13.3 Å². The molecule has 7 heteroatoms. The first-order valence-electron chi connectivity index (χ1n) is 7.95. The minimum Gasteiger partial charge on any atom is -0.493 e. The Morgan fingerprint density at radius 3 is 2.50 bits per heavy atom. The van der Waals surface area contributed by atoms with Crippen LogP contribution in [0, 0.1) is 6.92 Å². The van der Waals surface area contributed by atoms with Crippen LogP contribution in [-0.4, -0.2) is 31.7 Å². The summed E-state index contributed by atoms with van der Waals surface area (Å²) < 4.78 is 10.8. The Labute approximate surface area is 152 Å². The van der Waals surface area contributed by atoms with Crippen molar-refractivity contribution in [1.29, 1.82) is 0 Å². The minimum atomic E-state index is -0.271. The van der Waals surface area contributed by atoms with Crippen LogP contribution in [-0.2, 0) is 9.59 Å². The maximum atomic E-state index is 12.0. The van der Waals surface area contributed by atoms with Gasteiger partial charge in [-0.1, -0.05) is 17.7 Å². The molecule has 0 atom stereocenters. The molecule has 0 aromatic heterocycles. The summed E-state index contributed by atoms with van der Waals surface area (Å²) in [6, 6.07) is 12.6. The van der Waals surface area contributed by atoms with Gasteiger partial charge in [-0.05, 0) is 42.8 Å². The molecule has 2 N–H and O–H groups in total. The summed E-state index contributed by atoms with van der Waals surface area (Å²) in [5.41, 5.74) is 4.86. The third-order valence-electron chi connectivity index (χ3n) is 3.32. The van der Waals surface area contributed by atoms with Crippen LogP contribution in [0.4, 0.5) is 5.69 Å². The van der Waals surface area contributed by atoms with Crippen molar-refractivity contribution in [2.24, 2.45) is 5.10 Å². The second-order valence-corrected chi connectivity index (χ2v) is 5.54. The molecule has 2 aromatic carbocycles. The van der Waals surface area contributed by atoms with E-state index in [2.05, 4.69) is 15.8 Å². The van der Waals surface area contributed by atoms with E-state index in [9.17, 15) is 9.59 Å². The predicted octanol–water partition coefficient (Wildman–Crippen LogP) is 2.49. The molecular formula is C19H21N3O4. The van der Waals surface area contributed by atoms with Gasteiger partial charge in [-0.3, -0.25) is 9.59 Å². The van der Waals surface area contributed by atoms with Crippen molar-refractivity contribution >= 4 is 23.7 Å². The molecule has 0 aliphatic heterocycles. The number of methoxy groups -OCH3 is 1. The van der Waals surface area contributed by atoms with Gasteiger partial charge < -0.3 is 14.8 Å². The summed E-state index contributed by atoms with van der Waals surface area (Å²) in [4.78, 5) is 22.8. The van der Waals surface area contributed by atoms with Crippen molar-refractivity contribution < 1.29 is 19.1 Å². The lowest BCUT2D eigenvalue weighted by atomic mass is 10.2. The fourth-order valence-corrected chi connectivity index (χ4v) is 2.06. The number of hydrogen-bond donors (Lipinski definition) is 2. The van der Waals surface area contributed by atoms with Crippen molar-refractivity contribution in [2.75, 3.05) is 19.0 Å². The highest BCUT2D eigenvalue weighted by Gasteiger charge is 2.09. The molecule has 0 fully saturated rings. The number of rotatable bonds is 7. The molecule has 0 radical (unpaired) electrons. The smallest absolute Gasteiger partial charge is 0.262 e. The number of benzene rings is 2. The third kappa shape index (κ3) is 5.94. The van der Waals surface area contributed by atoms with Crippen LogP contribution in [0.15, 0.2) is 47.6 Å². The van der Waals surface area contributed by atoms with Crippen LogP contribution in [0.25, 0.3) is 0 Å². The lowest BCUT2D eigenvalue weighted by Gasteiger charge is -2.11. The van der Waals surface area contributed by atoms with Crippen LogP contribution in [0.2, 0.25) is 0 Å². The topological polar surface area (TPSA) is 89.0 Å². The van der Waals surface area contributed by atoms with Crippen molar-refractivity contribution in [3.8, 4) is 11.5 Å². The first-order valence-corrected chi connectivity index (χ1v) is 7.95. The monoisotopic (exact) mass is 355 g/mol. The van der Waals surface area contributed by atoms with Gasteiger partial charge in [0.1, 0.15) is 0 Å². The van der Waals surface area contributed by atoms with Crippen molar-refractivity contribution in [3.05, 3.63) is 53.6 Å². The van der Waals surface area contributed by atoms with Crippen LogP contribution >= 0.6 is 0 Å². The van der Waals surface area contributed by atoms with Gasteiger partial charge in [0, 0.05) is 12.6 Å². The molecular weight excluding hydrogens is 334 g/mol. The standard InChI is InChI=1S/C19H21N3O4/c1-13-4-7-16(8-5-13)21-19(24)12-26-17-9-6-15(10-18(17)25-3)11-20-22-14(2)23/h4-11H,12H2,1-3H3,(H,21,24)(H,22,23)/b20-11+. The number of amides is 2. The molecule has 0 bridgehead atoms. The first kappa shape index (κ1) is 19.0. The van der Waals surface area contributed by atoms with Gasteiger partial charge >= 0.3 is 0 Å². The molecule has 0 unspecified atom stereocenters. The molecule has 7 nitrogen and oxygen atoms in total. The Morgan fingerprint density at radius 1 is 1.12 bits per heavy atom. The fraction of sp³-hybridized carbons (Fsp3) is 0.211. The maximum absolute atomic E-state index is 12.0. The van der Waals surface area contributed by atoms with Crippen LogP contribution in [0.3, 0.4) is 0 Å². The maximum Gasteiger partial charge on any atom is 0.262 e. The van der Waals surface area contributed by atoms with Crippen molar-refractivity contribution in [1.82, 2.24) is 5.43 Å². The summed E-state index contributed by atoms with van der Waals surface area (Å²) >= 11 is 0. The van der Waals surface area contributed by atoms with Gasteiger partial charge in [-0.25, -0.2) is 5.43 Å². The highest BCUT2D eigenvalue weighted by atomic mass is 16.5. The van der Waals surface area contributed by atoms with E-state index in [0.717, 1.165) is 5.56 Å². The number of ether oxygens (including phenoxy) is 2. The molecule has 0 aliphatic rings. The molecule has 0 aliphatic carbocycles. The predicted molar refractivity (Wildman–Crippen MR) is 99.7 cm³/mol. The Morgan fingerprint density at radius 2 is 1.85 bits per heavy atom. The number of carbonyl (C=O) groups excluding carboxylic acids is 2.